The predicted molar refractivity (Wildman–Crippen MR) is 55.1 cm³/mol. The van der Waals surface area contributed by atoms with Crippen molar-refractivity contribution in [2.24, 2.45) is 4.75 Å². The van der Waals surface area contributed by atoms with Crippen molar-refractivity contribution in [3.05, 3.63) is 0 Å². The molecule has 0 atom stereocenters. The maximum absolute atomic E-state index is 5.63. The van der Waals surface area contributed by atoms with Gasteiger partial charge < -0.3 is 0 Å². The van der Waals surface area contributed by atoms with Crippen LogP contribution in [-0.4, -0.2) is 42.0 Å². The first-order valence-corrected chi connectivity index (χ1v) is 10.8. The van der Waals surface area contributed by atoms with E-state index in [-0.39, 0.29) is 26.9 Å². The molecule has 0 spiro atoms. The summed E-state index contributed by atoms with van der Waals surface area (Å²) in [6.45, 7) is 7.95. The summed E-state index contributed by atoms with van der Waals surface area (Å²) in [5.74, 6) is 0. The molecule has 0 fully saturated rings. The van der Waals surface area contributed by atoms with E-state index in [2.05, 4.69) is 15.1 Å². The van der Waals surface area contributed by atoms with E-state index in [0.29, 0.717) is 0 Å². The average Bonchev–Trinajstić information content (AvgIpc) is 1.83. The number of hydrogen-bond donors (Lipinski definition) is 1. The third-order valence-corrected chi connectivity index (χ3v) is 9.03. The molecule has 0 aromatic rings. The molecule has 0 rings (SSSR count). The van der Waals surface area contributed by atoms with E-state index < -0.39 is 4.65 Å². The first-order valence-electron chi connectivity index (χ1n) is 3.75. The van der Waals surface area contributed by atoms with Gasteiger partial charge in [-0.25, -0.2) is 0 Å². The molecule has 0 amide bonds. The van der Waals surface area contributed by atoms with Gasteiger partial charge in [0.15, 0.2) is 0 Å². The zero-order valence-electron chi connectivity index (χ0n) is 7.81. The molecule has 0 aliphatic carbocycles. The summed E-state index contributed by atoms with van der Waals surface area (Å²) in [5, 5.41) is 0. The molecule has 0 bridgehead atoms. The molecule has 6 heteroatoms. The summed E-state index contributed by atoms with van der Waals surface area (Å²) in [6, 6.07) is 0. The zero-order valence-corrected chi connectivity index (χ0v) is 12.1. The topological polar surface area (TPSA) is 44.5 Å². The van der Waals surface area contributed by atoms with Crippen LogP contribution in [0.4, 0.5) is 0 Å². The third-order valence-electron chi connectivity index (χ3n) is 0.809. The molecule has 0 saturated carbocycles. The fraction of sp³-hybridized carbons (Fsp3) is 1.00. The maximum atomic E-state index is 5.63. The Labute approximate surface area is 88.1 Å². The SMILES string of the molecule is CC(C)OP(=[Se])(OC(C)C)[Se]N. The molecule has 0 unspecified atom stereocenters. The van der Waals surface area contributed by atoms with Crippen LogP contribution in [0.2, 0.25) is 0 Å². The molecule has 12 heavy (non-hydrogen) atoms. The summed E-state index contributed by atoms with van der Waals surface area (Å²) < 4.78 is 15.1. The van der Waals surface area contributed by atoms with Crippen LogP contribution in [0.25, 0.3) is 0 Å². The summed E-state index contributed by atoms with van der Waals surface area (Å²) in [4.78, 5) is 0. The molecule has 0 aliphatic heterocycles. The van der Waals surface area contributed by atoms with E-state index in [9.17, 15) is 0 Å². The zero-order chi connectivity index (χ0) is 9.78. The molecule has 0 saturated heterocycles. The van der Waals surface area contributed by atoms with E-state index in [0.717, 1.165) is 0 Å². The van der Waals surface area contributed by atoms with Crippen molar-refractivity contribution in [2.45, 2.75) is 39.9 Å². The number of hydrogen-bond acceptors (Lipinski definition) is 3. The molecule has 74 valence electrons. The van der Waals surface area contributed by atoms with Gasteiger partial charge in [0.25, 0.3) is 0 Å². The molecular formula is C6H16NO2PSe2. The van der Waals surface area contributed by atoms with Crippen LogP contribution in [0.1, 0.15) is 27.7 Å². The van der Waals surface area contributed by atoms with Gasteiger partial charge in [-0.1, -0.05) is 0 Å². The van der Waals surface area contributed by atoms with Gasteiger partial charge in [-0.15, -0.1) is 0 Å². The third kappa shape index (κ3) is 5.90. The Kier molecular flexibility index (Phi) is 6.62. The van der Waals surface area contributed by atoms with Crippen molar-refractivity contribution in [1.82, 2.24) is 0 Å². The van der Waals surface area contributed by atoms with Crippen LogP contribution in [-0.2, 0) is 9.05 Å². The Hall–Kier alpha value is 1.35. The Morgan fingerprint density at radius 1 is 1.17 bits per heavy atom. The fourth-order valence-corrected chi connectivity index (χ4v) is 6.73. The van der Waals surface area contributed by atoms with E-state index in [1.807, 2.05) is 27.7 Å². The average molecular weight is 323 g/mol. The Bertz CT molecular complexity index is 161. The predicted octanol–water partition coefficient (Wildman–Crippen LogP) is 1.26. The van der Waals surface area contributed by atoms with Gasteiger partial charge in [0.1, 0.15) is 0 Å². The second-order valence-corrected chi connectivity index (χ2v) is 15.3. The number of rotatable bonds is 5. The molecule has 0 aromatic heterocycles. The van der Waals surface area contributed by atoms with Crippen molar-refractivity contribution >= 4 is 34.5 Å². The first-order chi connectivity index (χ1) is 5.39. The van der Waals surface area contributed by atoms with E-state index in [1.165, 1.54) is 0 Å². The minimum atomic E-state index is -1.85. The van der Waals surface area contributed by atoms with E-state index in [4.69, 9.17) is 13.8 Å². The molecule has 0 heterocycles. The van der Waals surface area contributed by atoms with Crippen LogP contribution < -0.4 is 4.75 Å². The van der Waals surface area contributed by atoms with Crippen LogP contribution >= 0.6 is 4.65 Å². The summed E-state index contributed by atoms with van der Waals surface area (Å²) >= 11 is 2.88. The van der Waals surface area contributed by atoms with Crippen molar-refractivity contribution in [2.75, 3.05) is 0 Å². The second kappa shape index (κ2) is 5.95. The van der Waals surface area contributed by atoms with Gasteiger partial charge >= 0.3 is 88.2 Å². The second-order valence-electron chi connectivity index (χ2n) is 2.86. The fourth-order valence-electron chi connectivity index (χ4n) is 0.591. The molecule has 2 N–H and O–H groups in total. The van der Waals surface area contributed by atoms with E-state index in [1.54, 1.807) is 0 Å². The molecule has 0 aliphatic rings. The number of nitrogens with two attached hydrogens (primary N) is 1. The normalized spacial score (nSPS) is 12.9. The van der Waals surface area contributed by atoms with Crippen molar-refractivity contribution in [1.29, 1.82) is 0 Å². The van der Waals surface area contributed by atoms with E-state index >= 15 is 0 Å². The van der Waals surface area contributed by atoms with Gasteiger partial charge in [-0.3, -0.25) is 0 Å². The van der Waals surface area contributed by atoms with Gasteiger partial charge in [0.05, 0.1) is 0 Å². The standard InChI is InChI=1S/C6H16NO2PSe2/c1-5(2)8-10(11,12-7)9-6(3)4/h5-6H,7H2,1-4H3. The Morgan fingerprint density at radius 3 is 1.67 bits per heavy atom. The van der Waals surface area contributed by atoms with Crippen molar-refractivity contribution in [3.63, 3.8) is 0 Å². The molecular weight excluding hydrogens is 307 g/mol. The van der Waals surface area contributed by atoms with Crippen LogP contribution in [0.3, 0.4) is 0 Å². The van der Waals surface area contributed by atoms with Crippen LogP contribution in [0.5, 0.6) is 0 Å². The van der Waals surface area contributed by atoms with Crippen LogP contribution in [0.15, 0.2) is 0 Å². The van der Waals surface area contributed by atoms with Gasteiger partial charge in [0, 0.05) is 0 Å². The summed E-state index contributed by atoms with van der Waals surface area (Å²) in [5.41, 5.74) is 0. The molecule has 0 radical (unpaired) electrons. The quantitative estimate of drug-likeness (QED) is 0.612. The van der Waals surface area contributed by atoms with Crippen molar-refractivity contribution < 1.29 is 9.05 Å². The molecule has 3 nitrogen and oxygen atoms in total. The molecule has 0 aromatic carbocycles. The van der Waals surface area contributed by atoms with Gasteiger partial charge in [-0.05, 0) is 0 Å². The Balaban J connectivity index is 4.15. The van der Waals surface area contributed by atoms with Gasteiger partial charge in [0.2, 0.25) is 0 Å². The van der Waals surface area contributed by atoms with Gasteiger partial charge in [-0.2, -0.15) is 0 Å². The van der Waals surface area contributed by atoms with Crippen LogP contribution in [0, 0.1) is 0 Å². The Morgan fingerprint density at radius 2 is 1.50 bits per heavy atom. The summed E-state index contributed by atoms with van der Waals surface area (Å²) in [7, 11) is 0. The van der Waals surface area contributed by atoms with Crippen molar-refractivity contribution in [3.8, 4) is 0 Å². The monoisotopic (exact) mass is 325 g/mol. The minimum absolute atomic E-state index is 0.0957. The first kappa shape index (κ1) is 13.3. The summed E-state index contributed by atoms with van der Waals surface area (Å²) in [6.07, 6.45) is 0.340.